The van der Waals surface area contributed by atoms with Crippen LogP contribution in [0.25, 0.3) is 0 Å². The lowest BCUT2D eigenvalue weighted by Crippen LogP contribution is -2.25. The molecule has 0 heterocycles. The molecule has 0 aromatic heterocycles. The predicted octanol–water partition coefficient (Wildman–Crippen LogP) is 5.32. The van der Waals surface area contributed by atoms with Crippen LogP contribution in [0.5, 0.6) is 5.75 Å². The number of ether oxygens (including phenoxy) is 1. The zero-order valence-corrected chi connectivity index (χ0v) is 17.6. The van der Waals surface area contributed by atoms with E-state index >= 15 is 0 Å². The summed E-state index contributed by atoms with van der Waals surface area (Å²) in [4.78, 5) is 11.9. The van der Waals surface area contributed by atoms with Crippen LogP contribution < -0.4 is 10.2 Å². The Kier molecular flexibility index (Phi) is 6.84. The third kappa shape index (κ3) is 5.85. The molecule has 138 valence electrons. The van der Waals surface area contributed by atoms with Crippen molar-refractivity contribution in [3.63, 3.8) is 0 Å². The Morgan fingerprint density at radius 3 is 2.42 bits per heavy atom. The van der Waals surface area contributed by atoms with Gasteiger partial charge in [0.2, 0.25) is 0 Å². The Morgan fingerprint density at radius 2 is 1.85 bits per heavy atom. The number of hydrogen-bond donors (Lipinski definition) is 1. The normalized spacial score (nSPS) is 12.0. The van der Waals surface area contributed by atoms with Crippen molar-refractivity contribution in [3.05, 3.63) is 63.1 Å². The molecule has 2 rings (SSSR count). The topological polar surface area (TPSA) is 50.7 Å². The van der Waals surface area contributed by atoms with Gasteiger partial charge in [-0.25, -0.2) is 5.43 Å². The van der Waals surface area contributed by atoms with Gasteiger partial charge >= 0.3 is 0 Å². The lowest BCUT2D eigenvalue weighted by molar-refractivity contribution is -0.123. The number of hydrogen-bond acceptors (Lipinski definition) is 3. The van der Waals surface area contributed by atoms with Crippen LogP contribution in [0.15, 0.2) is 52.0 Å². The van der Waals surface area contributed by atoms with Crippen LogP contribution >= 0.6 is 27.5 Å². The van der Waals surface area contributed by atoms with Crippen LogP contribution in [0.4, 0.5) is 0 Å². The maximum absolute atomic E-state index is 11.9. The summed E-state index contributed by atoms with van der Waals surface area (Å²) in [5, 5.41) is 4.73. The quantitative estimate of drug-likeness (QED) is 0.508. The molecule has 0 unspecified atom stereocenters. The first-order valence-corrected chi connectivity index (χ1v) is 9.36. The Balaban J connectivity index is 1.92. The Bertz CT molecular complexity index is 812. The van der Waals surface area contributed by atoms with E-state index in [9.17, 15) is 4.79 Å². The molecule has 1 N–H and O–H groups in total. The number of rotatable bonds is 5. The molecule has 2 aromatic carbocycles. The number of nitrogens with one attached hydrogen (secondary N) is 1. The van der Waals surface area contributed by atoms with E-state index in [1.807, 2.05) is 19.1 Å². The summed E-state index contributed by atoms with van der Waals surface area (Å²) in [5.74, 6) is 0.209. The third-order valence-electron chi connectivity index (χ3n) is 3.77. The lowest BCUT2D eigenvalue weighted by atomic mass is 9.86. The highest BCUT2D eigenvalue weighted by Gasteiger charge is 2.13. The van der Waals surface area contributed by atoms with E-state index in [-0.39, 0.29) is 17.9 Å². The summed E-state index contributed by atoms with van der Waals surface area (Å²) in [6, 6.07) is 13.3. The molecular weight excluding hydrogens is 416 g/mol. The van der Waals surface area contributed by atoms with Gasteiger partial charge in [-0.3, -0.25) is 4.79 Å². The second-order valence-corrected chi connectivity index (χ2v) is 8.21. The highest BCUT2D eigenvalue weighted by atomic mass is 79.9. The molecule has 0 saturated heterocycles. The second-order valence-electron chi connectivity index (χ2n) is 6.92. The van der Waals surface area contributed by atoms with Crippen molar-refractivity contribution in [2.75, 3.05) is 6.61 Å². The van der Waals surface area contributed by atoms with E-state index in [1.165, 1.54) is 5.56 Å². The first-order valence-electron chi connectivity index (χ1n) is 8.19. The van der Waals surface area contributed by atoms with Crippen LogP contribution in [0.3, 0.4) is 0 Å². The van der Waals surface area contributed by atoms with Crippen molar-refractivity contribution in [2.45, 2.75) is 33.1 Å². The van der Waals surface area contributed by atoms with Crippen molar-refractivity contribution < 1.29 is 9.53 Å². The van der Waals surface area contributed by atoms with Gasteiger partial charge in [-0.1, -0.05) is 56.6 Å². The summed E-state index contributed by atoms with van der Waals surface area (Å²) in [5.41, 5.74) is 5.55. The Labute approximate surface area is 167 Å². The molecule has 6 heteroatoms. The molecule has 0 bridgehead atoms. The average Bonchev–Trinajstić information content (AvgIpc) is 2.58. The SMILES string of the molecule is C/C(=N\NC(=O)COc1ccc(Cl)cc1Br)c1ccc(C(C)(C)C)cc1. The Hall–Kier alpha value is -1.85. The monoisotopic (exact) mass is 436 g/mol. The maximum atomic E-state index is 11.9. The molecule has 2 aromatic rings. The number of hydrazone groups is 1. The fraction of sp³-hybridized carbons (Fsp3) is 0.300. The lowest BCUT2D eigenvalue weighted by Gasteiger charge is -2.19. The first kappa shape index (κ1) is 20.5. The van der Waals surface area contributed by atoms with Crippen LogP contribution in [0.1, 0.15) is 38.8 Å². The van der Waals surface area contributed by atoms with E-state index < -0.39 is 0 Å². The van der Waals surface area contributed by atoms with Crippen molar-refractivity contribution in [1.82, 2.24) is 5.43 Å². The standard InChI is InChI=1S/C20H22BrClN2O2/c1-13(14-5-7-15(8-6-14)20(2,3)4)23-24-19(25)12-26-18-10-9-16(22)11-17(18)21/h5-11H,12H2,1-4H3,(H,24,25)/b23-13+. The molecule has 4 nitrogen and oxygen atoms in total. The minimum Gasteiger partial charge on any atom is -0.483 e. The van der Waals surface area contributed by atoms with Crippen LogP contribution in [0.2, 0.25) is 5.02 Å². The molecule has 0 aliphatic heterocycles. The highest BCUT2D eigenvalue weighted by molar-refractivity contribution is 9.10. The van der Waals surface area contributed by atoms with Crippen molar-refractivity contribution >= 4 is 39.1 Å². The van der Waals surface area contributed by atoms with Gasteiger partial charge in [0.05, 0.1) is 10.2 Å². The zero-order valence-electron chi connectivity index (χ0n) is 15.3. The molecule has 26 heavy (non-hydrogen) atoms. The number of nitrogens with zero attached hydrogens (tertiary/aromatic N) is 1. The molecule has 0 aliphatic rings. The summed E-state index contributed by atoms with van der Waals surface area (Å²) in [6.07, 6.45) is 0. The highest BCUT2D eigenvalue weighted by Crippen LogP contribution is 2.27. The number of carbonyl (C=O) groups is 1. The summed E-state index contributed by atoms with van der Waals surface area (Å²) in [6.45, 7) is 8.22. The molecule has 0 radical (unpaired) electrons. The van der Waals surface area contributed by atoms with E-state index in [0.717, 1.165) is 11.3 Å². The largest absolute Gasteiger partial charge is 0.483 e. The Morgan fingerprint density at radius 1 is 1.19 bits per heavy atom. The molecule has 0 saturated carbocycles. The third-order valence-corrected chi connectivity index (χ3v) is 4.62. The maximum Gasteiger partial charge on any atom is 0.277 e. The van der Waals surface area contributed by atoms with Gasteiger partial charge in [-0.15, -0.1) is 0 Å². The van der Waals surface area contributed by atoms with Crippen LogP contribution in [-0.4, -0.2) is 18.2 Å². The van der Waals surface area contributed by atoms with Gasteiger partial charge in [-0.05, 0) is 57.6 Å². The van der Waals surface area contributed by atoms with E-state index in [2.05, 4.69) is 59.4 Å². The van der Waals surface area contributed by atoms with Crippen molar-refractivity contribution in [3.8, 4) is 5.75 Å². The van der Waals surface area contributed by atoms with E-state index in [1.54, 1.807) is 18.2 Å². The predicted molar refractivity (Wildman–Crippen MR) is 110 cm³/mol. The second kappa shape index (κ2) is 8.69. The number of benzene rings is 2. The first-order chi connectivity index (χ1) is 12.2. The van der Waals surface area contributed by atoms with E-state index in [0.29, 0.717) is 15.2 Å². The van der Waals surface area contributed by atoms with Gasteiger partial charge < -0.3 is 4.74 Å². The van der Waals surface area contributed by atoms with E-state index in [4.69, 9.17) is 16.3 Å². The summed E-state index contributed by atoms with van der Waals surface area (Å²) >= 11 is 9.22. The van der Waals surface area contributed by atoms with Gasteiger partial charge in [0.25, 0.3) is 5.91 Å². The van der Waals surface area contributed by atoms with Gasteiger partial charge in [-0.2, -0.15) is 5.10 Å². The minimum absolute atomic E-state index is 0.102. The fourth-order valence-corrected chi connectivity index (χ4v) is 2.99. The molecular formula is C20H22BrClN2O2. The summed E-state index contributed by atoms with van der Waals surface area (Å²) < 4.78 is 6.15. The minimum atomic E-state index is -0.336. The number of carbonyl (C=O) groups excluding carboxylic acids is 1. The van der Waals surface area contributed by atoms with Crippen LogP contribution in [0, 0.1) is 0 Å². The average molecular weight is 438 g/mol. The van der Waals surface area contributed by atoms with Gasteiger partial charge in [0, 0.05) is 5.02 Å². The van der Waals surface area contributed by atoms with Crippen molar-refractivity contribution in [2.24, 2.45) is 5.10 Å². The molecule has 0 atom stereocenters. The van der Waals surface area contributed by atoms with Gasteiger partial charge in [0.15, 0.2) is 6.61 Å². The fourth-order valence-electron chi connectivity index (χ4n) is 2.19. The smallest absolute Gasteiger partial charge is 0.277 e. The molecule has 0 aliphatic carbocycles. The number of amides is 1. The summed E-state index contributed by atoms with van der Waals surface area (Å²) in [7, 11) is 0. The van der Waals surface area contributed by atoms with Crippen LogP contribution in [-0.2, 0) is 10.2 Å². The molecule has 1 amide bonds. The molecule has 0 spiro atoms. The zero-order chi connectivity index (χ0) is 19.3. The molecule has 0 fully saturated rings. The van der Waals surface area contributed by atoms with Gasteiger partial charge in [0.1, 0.15) is 5.75 Å². The van der Waals surface area contributed by atoms with Crippen molar-refractivity contribution in [1.29, 1.82) is 0 Å². The number of halogens is 2.